The molecule has 1 atom stereocenters. The van der Waals surface area contributed by atoms with Crippen LogP contribution in [0.3, 0.4) is 0 Å². The summed E-state index contributed by atoms with van der Waals surface area (Å²) in [6, 6.07) is 4.71. The number of halogens is 1. The van der Waals surface area contributed by atoms with Crippen LogP contribution in [0.25, 0.3) is 0 Å². The Kier molecular flexibility index (Phi) is 6.92. The molecular formula is C21H27FN4O2. The van der Waals surface area contributed by atoms with Crippen LogP contribution < -0.4 is 5.32 Å². The monoisotopic (exact) mass is 386 g/mol. The summed E-state index contributed by atoms with van der Waals surface area (Å²) in [7, 11) is 1.26. The minimum atomic E-state index is -0.635. The molecule has 0 spiro atoms. The van der Waals surface area contributed by atoms with Crippen molar-refractivity contribution in [1.29, 1.82) is 0 Å². The SMILES string of the molecule is CCCNc1ncc(CN2CCC(Cc3ccc(F)c(C(=O)OC)c3)C2)cn1. The van der Waals surface area contributed by atoms with Gasteiger partial charge >= 0.3 is 5.97 Å². The van der Waals surface area contributed by atoms with Crippen molar-refractivity contribution in [2.45, 2.75) is 32.7 Å². The van der Waals surface area contributed by atoms with Gasteiger partial charge in [0.25, 0.3) is 0 Å². The van der Waals surface area contributed by atoms with Crippen LogP contribution in [0.5, 0.6) is 0 Å². The number of ether oxygens (including phenoxy) is 1. The Balaban J connectivity index is 1.53. The standard InChI is InChI=1S/C21H27FN4O2/c1-3-7-23-21-24-11-17(12-25-21)14-26-8-6-16(13-26)9-15-4-5-19(22)18(10-15)20(27)28-2/h4-5,10-12,16H,3,6-9,13-14H2,1-2H3,(H,23,24,25). The highest BCUT2D eigenvalue weighted by molar-refractivity contribution is 5.89. The summed E-state index contributed by atoms with van der Waals surface area (Å²) in [6.45, 7) is 5.76. The van der Waals surface area contributed by atoms with E-state index in [4.69, 9.17) is 0 Å². The molecule has 1 fully saturated rings. The number of carbonyl (C=O) groups excluding carboxylic acids is 1. The largest absolute Gasteiger partial charge is 0.465 e. The summed E-state index contributed by atoms with van der Waals surface area (Å²) >= 11 is 0. The number of nitrogens with zero attached hydrogens (tertiary/aromatic N) is 3. The fourth-order valence-corrected chi connectivity index (χ4v) is 3.54. The molecule has 1 N–H and O–H groups in total. The van der Waals surface area contributed by atoms with Crippen molar-refractivity contribution >= 4 is 11.9 Å². The van der Waals surface area contributed by atoms with Crippen molar-refractivity contribution in [2.75, 3.05) is 32.1 Å². The first-order chi connectivity index (χ1) is 13.6. The first-order valence-electron chi connectivity index (χ1n) is 9.73. The lowest BCUT2D eigenvalue weighted by Crippen LogP contribution is -2.21. The second-order valence-electron chi connectivity index (χ2n) is 7.24. The third-order valence-electron chi connectivity index (χ3n) is 4.98. The van der Waals surface area contributed by atoms with Gasteiger partial charge in [0, 0.05) is 37.6 Å². The Labute approximate surface area is 165 Å². The fraction of sp³-hybridized carbons (Fsp3) is 0.476. The lowest BCUT2D eigenvalue weighted by Gasteiger charge is -2.16. The molecule has 6 nitrogen and oxygen atoms in total. The van der Waals surface area contributed by atoms with Crippen molar-refractivity contribution in [3.05, 3.63) is 53.1 Å². The van der Waals surface area contributed by atoms with Gasteiger partial charge in [-0.3, -0.25) is 4.90 Å². The van der Waals surface area contributed by atoms with Crippen LogP contribution in [0, 0.1) is 11.7 Å². The average molecular weight is 386 g/mol. The molecule has 0 amide bonds. The molecule has 1 aliphatic rings. The number of likely N-dealkylation sites (tertiary alicyclic amines) is 1. The highest BCUT2D eigenvalue weighted by Crippen LogP contribution is 2.23. The molecule has 0 aliphatic carbocycles. The zero-order valence-electron chi connectivity index (χ0n) is 16.4. The summed E-state index contributed by atoms with van der Waals surface area (Å²) in [6.07, 6.45) is 6.68. The maximum Gasteiger partial charge on any atom is 0.340 e. The van der Waals surface area contributed by atoms with E-state index in [2.05, 4.69) is 31.8 Å². The van der Waals surface area contributed by atoms with Crippen LogP contribution in [0.4, 0.5) is 10.3 Å². The van der Waals surface area contributed by atoms with Crippen LogP contribution in [0.15, 0.2) is 30.6 Å². The Hall–Kier alpha value is -2.54. The number of hydrogen-bond acceptors (Lipinski definition) is 6. The van der Waals surface area contributed by atoms with Crippen molar-refractivity contribution in [2.24, 2.45) is 5.92 Å². The molecule has 1 saturated heterocycles. The van der Waals surface area contributed by atoms with E-state index in [0.29, 0.717) is 11.9 Å². The van der Waals surface area contributed by atoms with Gasteiger partial charge in [0.05, 0.1) is 12.7 Å². The number of carbonyl (C=O) groups is 1. The predicted octanol–water partition coefficient (Wildman–Crippen LogP) is 3.29. The topological polar surface area (TPSA) is 67.4 Å². The molecule has 1 aromatic heterocycles. The molecule has 2 heterocycles. The van der Waals surface area contributed by atoms with Gasteiger partial charge in [0.2, 0.25) is 5.95 Å². The van der Waals surface area contributed by atoms with Crippen molar-refractivity contribution < 1.29 is 13.9 Å². The van der Waals surface area contributed by atoms with Crippen LogP contribution in [0.2, 0.25) is 0 Å². The first-order valence-corrected chi connectivity index (χ1v) is 9.73. The van der Waals surface area contributed by atoms with E-state index in [1.165, 1.54) is 13.2 Å². The van der Waals surface area contributed by atoms with Gasteiger partial charge in [0.1, 0.15) is 5.82 Å². The van der Waals surface area contributed by atoms with E-state index in [1.807, 2.05) is 12.4 Å². The predicted molar refractivity (Wildman–Crippen MR) is 106 cm³/mol. The zero-order valence-corrected chi connectivity index (χ0v) is 16.4. The zero-order chi connectivity index (χ0) is 19.9. The highest BCUT2D eigenvalue weighted by Gasteiger charge is 2.23. The normalized spacial score (nSPS) is 16.9. The van der Waals surface area contributed by atoms with E-state index in [-0.39, 0.29) is 5.56 Å². The van der Waals surface area contributed by atoms with E-state index in [9.17, 15) is 9.18 Å². The number of nitrogens with one attached hydrogen (secondary N) is 1. The number of esters is 1. The van der Waals surface area contributed by atoms with Crippen molar-refractivity contribution in [3.63, 3.8) is 0 Å². The summed E-state index contributed by atoms with van der Waals surface area (Å²) < 4.78 is 18.4. The number of aromatic nitrogens is 2. The van der Waals surface area contributed by atoms with Gasteiger partial charge in [-0.2, -0.15) is 0 Å². The molecule has 1 aromatic carbocycles. The number of benzene rings is 1. The first kappa shape index (κ1) is 20.2. The maximum atomic E-state index is 13.8. The molecule has 1 aliphatic heterocycles. The summed E-state index contributed by atoms with van der Waals surface area (Å²) in [5.41, 5.74) is 2.06. The molecule has 1 unspecified atom stereocenters. The van der Waals surface area contributed by atoms with Gasteiger partial charge in [-0.05, 0) is 49.4 Å². The third kappa shape index (κ3) is 5.25. The van der Waals surface area contributed by atoms with Crippen LogP contribution >= 0.6 is 0 Å². The number of rotatable bonds is 8. The lowest BCUT2D eigenvalue weighted by molar-refractivity contribution is 0.0595. The molecule has 0 radical (unpaired) electrons. The quantitative estimate of drug-likeness (QED) is 0.702. The Morgan fingerprint density at radius 1 is 1.32 bits per heavy atom. The van der Waals surface area contributed by atoms with Crippen molar-refractivity contribution in [1.82, 2.24) is 14.9 Å². The van der Waals surface area contributed by atoms with E-state index < -0.39 is 11.8 Å². The van der Waals surface area contributed by atoms with E-state index >= 15 is 0 Å². The van der Waals surface area contributed by atoms with Gasteiger partial charge < -0.3 is 10.1 Å². The summed E-state index contributed by atoms with van der Waals surface area (Å²) in [4.78, 5) is 22.8. The lowest BCUT2D eigenvalue weighted by atomic mass is 9.97. The molecule has 3 rings (SSSR count). The van der Waals surface area contributed by atoms with E-state index in [0.717, 1.165) is 56.6 Å². The van der Waals surface area contributed by atoms with Gasteiger partial charge in [-0.15, -0.1) is 0 Å². The number of hydrogen-bond donors (Lipinski definition) is 1. The highest BCUT2D eigenvalue weighted by atomic mass is 19.1. The van der Waals surface area contributed by atoms with E-state index in [1.54, 1.807) is 12.1 Å². The molecule has 2 aromatic rings. The Morgan fingerprint density at radius 2 is 2.11 bits per heavy atom. The molecule has 7 heteroatoms. The maximum absolute atomic E-state index is 13.8. The second-order valence-corrected chi connectivity index (χ2v) is 7.24. The average Bonchev–Trinajstić information content (AvgIpc) is 3.15. The van der Waals surface area contributed by atoms with Gasteiger partial charge in [0.15, 0.2) is 0 Å². The smallest absolute Gasteiger partial charge is 0.340 e. The molecular weight excluding hydrogens is 359 g/mol. The molecule has 0 saturated carbocycles. The Bertz CT molecular complexity index is 797. The minimum Gasteiger partial charge on any atom is -0.465 e. The summed E-state index contributed by atoms with van der Waals surface area (Å²) in [5.74, 6) is -0.0326. The number of methoxy groups -OCH3 is 1. The molecule has 150 valence electrons. The Morgan fingerprint density at radius 3 is 2.82 bits per heavy atom. The van der Waals surface area contributed by atoms with Crippen LogP contribution in [-0.2, 0) is 17.7 Å². The molecule has 0 bridgehead atoms. The number of anilines is 1. The second kappa shape index (κ2) is 9.59. The third-order valence-corrected chi connectivity index (χ3v) is 4.98. The molecule has 28 heavy (non-hydrogen) atoms. The summed E-state index contributed by atoms with van der Waals surface area (Å²) in [5, 5.41) is 3.17. The van der Waals surface area contributed by atoms with Crippen LogP contribution in [-0.4, -0.2) is 47.6 Å². The fourth-order valence-electron chi connectivity index (χ4n) is 3.54. The van der Waals surface area contributed by atoms with Crippen LogP contribution in [0.1, 0.15) is 41.3 Å². The van der Waals surface area contributed by atoms with Gasteiger partial charge in [-0.1, -0.05) is 13.0 Å². The van der Waals surface area contributed by atoms with Gasteiger partial charge in [-0.25, -0.2) is 19.2 Å². The van der Waals surface area contributed by atoms with Crippen molar-refractivity contribution in [3.8, 4) is 0 Å². The minimum absolute atomic E-state index is 0.00349.